The van der Waals surface area contributed by atoms with Gasteiger partial charge in [0, 0.05) is 12.1 Å². The summed E-state index contributed by atoms with van der Waals surface area (Å²) in [5, 5.41) is 10.0. The molecule has 2 rings (SSSR count). The van der Waals surface area contributed by atoms with E-state index >= 15 is 0 Å². The molecule has 3 nitrogen and oxygen atoms in total. The number of hydrogen-bond acceptors (Lipinski definition) is 3. The van der Waals surface area contributed by atoms with E-state index in [1.54, 1.807) is 6.20 Å². The SMILES string of the molecule is CCCOc1cncc(C2CCCCC2O)c1. The third-order valence-corrected chi connectivity index (χ3v) is 3.36. The highest BCUT2D eigenvalue weighted by Crippen LogP contribution is 2.33. The molecule has 1 aliphatic rings. The molecule has 1 N–H and O–H groups in total. The third kappa shape index (κ3) is 3.19. The monoisotopic (exact) mass is 235 g/mol. The summed E-state index contributed by atoms with van der Waals surface area (Å²) in [7, 11) is 0. The van der Waals surface area contributed by atoms with Crippen molar-refractivity contribution in [3.05, 3.63) is 24.0 Å². The quantitative estimate of drug-likeness (QED) is 0.872. The Labute approximate surface area is 103 Å². The van der Waals surface area contributed by atoms with Crippen molar-refractivity contribution in [3.8, 4) is 5.75 Å². The molecule has 0 aromatic carbocycles. The largest absolute Gasteiger partial charge is 0.492 e. The van der Waals surface area contributed by atoms with E-state index in [1.165, 1.54) is 6.42 Å². The van der Waals surface area contributed by atoms with Gasteiger partial charge in [0.25, 0.3) is 0 Å². The minimum absolute atomic E-state index is 0.216. The molecule has 1 saturated carbocycles. The number of ether oxygens (including phenoxy) is 1. The minimum Gasteiger partial charge on any atom is -0.492 e. The van der Waals surface area contributed by atoms with Crippen LogP contribution in [0, 0.1) is 0 Å². The van der Waals surface area contributed by atoms with Gasteiger partial charge in [-0.25, -0.2) is 0 Å². The highest BCUT2D eigenvalue weighted by Gasteiger charge is 2.24. The van der Waals surface area contributed by atoms with Crippen molar-refractivity contribution in [2.45, 2.75) is 51.0 Å². The Morgan fingerprint density at radius 1 is 1.35 bits per heavy atom. The third-order valence-electron chi connectivity index (χ3n) is 3.36. The van der Waals surface area contributed by atoms with Gasteiger partial charge in [-0.1, -0.05) is 19.8 Å². The second-order valence-electron chi connectivity index (χ2n) is 4.76. The molecule has 0 spiro atoms. The van der Waals surface area contributed by atoms with Crippen LogP contribution < -0.4 is 4.74 Å². The summed E-state index contributed by atoms with van der Waals surface area (Å²) in [6.45, 7) is 2.81. The first kappa shape index (κ1) is 12.4. The van der Waals surface area contributed by atoms with Crippen LogP contribution in [0.15, 0.2) is 18.5 Å². The van der Waals surface area contributed by atoms with Gasteiger partial charge in [0.1, 0.15) is 5.75 Å². The van der Waals surface area contributed by atoms with E-state index in [9.17, 15) is 5.11 Å². The Kier molecular flexibility index (Phi) is 4.37. The summed E-state index contributed by atoms with van der Waals surface area (Å²) in [5.41, 5.74) is 1.12. The molecule has 1 fully saturated rings. The molecule has 1 heterocycles. The first-order valence-corrected chi connectivity index (χ1v) is 6.57. The van der Waals surface area contributed by atoms with Crippen LogP contribution in [0.3, 0.4) is 0 Å². The van der Waals surface area contributed by atoms with Gasteiger partial charge in [0.05, 0.1) is 18.9 Å². The summed E-state index contributed by atoms with van der Waals surface area (Å²) in [5.74, 6) is 1.06. The number of hydrogen-bond donors (Lipinski definition) is 1. The summed E-state index contributed by atoms with van der Waals surface area (Å²) in [4.78, 5) is 4.21. The molecule has 2 unspecified atom stereocenters. The zero-order valence-corrected chi connectivity index (χ0v) is 10.4. The number of nitrogens with zero attached hydrogens (tertiary/aromatic N) is 1. The molecule has 17 heavy (non-hydrogen) atoms. The van der Waals surface area contributed by atoms with Gasteiger partial charge in [-0.15, -0.1) is 0 Å². The predicted octanol–water partition coefficient (Wildman–Crippen LogP) is 2.89. The minimum atomic E-state index is -0.216. The Morgan fingerprint density at radius 3 is 2.94 bits per heavy atom. The summed E-state index contributed by atoms with van der Waals surface area (Å²) < 4.78 is 5.58. The molecule has 0 amide bonds. The average Bonchev–Trinajstić information content (AvgIpc) is 2.37. The van der Waals surface area contributed by atoms with E-state index in [0.29, 0.717) is 0 Å². The second kappa shape index (κ2) is 6.01. The molecule has 1 aliphatic carbocycles. The van der Waals surface area contributed by atoms with Crippen LogP contribution in [0.2, 0.25) is 0 Å². The Morgan fingerprint density at radius 2 is 2.18 bits per heavy atom. The van der Waals surface area contributed by atoms with Crippen LogP contribution in [0.5, 0.6) is 5.75 Å². The molecule has 1 aromatic rings. The molecule has 3 heteroatoms. The zero-order valence-electron chi connectivity index (χ0n) is 10.4. The fourth-order valence-electron chi connectivity index (χ4n) is 2.44. The van der Waals surface area contributed by atoms with Crippen molar-refractivity contribution in [1.82, 2.24) is 4.98 Å². The van der Waals surface area contributed by atoms with Crippen molar-refractivity contribution in [1.29, 1.82) is 0 Å². The molecular weight excluding hydrogens is 214 g/mol. The van der Waals surface area contributed by atoms with Crippen molar-refractivity contribution in [3.63, 3.8) is 0 Å². The van der Waals surface area contributed by atoms with Crippen molar-refractivity contribution < 1.29 is 9.84 Å². The Bertz CT molecular complexity index is 354. The maximum Gasteiger partial charge on any atom is 0.137 e. The van der Waals surface area contributed by atoms with E-state index in [2.05, 4.69) is 11.9 Å². The highest BCUT2D eigenvalue weighted by atomic mass is 16.5. The van der Waals surface area contributed by atoms with E-state index in [-0.39, 0.29) is 12.0 Å². The number of aromatic nitrogens is 1. The molecule has 0 radical (unpaired) electrons. The lowest BCUT2D eigenvalue weighted by Gasteiger charge is -2.27. The molecule has 2 atom stereocenters. The van der Waals surface area contributed by atoms with E-state index in [1.807, 2.05) is 12.3 Å². The summed E-state index contributed by atoms with van der Waals surface area (Å²) in [6.07, 6.45) is 8.68. The van der Waals surface area contributed by atoms with Crippen LogP contribution in [0.1, 0.15) is 50.5 Å². The van der Waals surface area contributed by atoms with Crippen molar-refractivity contribution in [2.24, 2.45) is 0 Å². The maximum atomic E-state index is 10.0. The number of rotatable bonds is 4. The molecule has 1 aromatic heterocycles. The topological polar surface area (TPSA) is 42.4 Å². The van der Waals surface area contributed by atoms with Gasteiger partial charge in [0.15, 0.2) is 0 Å². The summed E-state index contributed by atoms with van der Waals surface area (Å²) >= 11 is 0. The van der Waals surface area contributed by atoms with Gasteiger partial charge in [-0.05, 0) is 30.9 Å². The lowest BCUT2D eigenvalue weighted by atomic mass is 9.82. The molecular formula is C14H21NO2. The number of aliphatic hydroxyl groups is 1. The van der Waals surface area contributed by atoms with E-state index < -0.39 is 0 Å². The van der Waals surface area contributed by atoms with Crippen LogP contribution in [-0.2, 0) is 0 Å². The van der Waals surface area contributed by atoms with E-state index in [4.69, 9.17) is 4.74 Å². The van der Waals surface area contributed by atoms with Gasteiger partial charge in [0.2, 0.25) is 0 Å². The Balaban J connectivity index is 2.08. The molecule has 0 aliphatic heterocycles. The number of pyridine rings is 1. The summed E-state index contributed by atoms with van der Waals surface area (Å²) in [6, 6.07) is 2.03. The Hall–Kier alpha value is -1.09. The van der Waals surface area contributed by atoms with E-state index in [0.717, 1.165) is 43.6 Å². The number of aliphatic hydroxyl groups excluding tert-OH is 1. The van der Waals surface area contributed by atoms with Crippen LogP contribution in [-0.4, -0.2) is 22.8 Å². The lowest BCUT2D eigenvalue weighted by Crippen LogP contribution is -2.22. The van der Waals surface area contributed by atoms with Gasteiger partial charge in [-0.2, -0.15) is 0 Å². The predicted molar refractivity (Wildman–Crippen MR) is 67.2 cm³/mol. The standard InChI is InChI=1S/C14H21NO2/c1-2-7-17-12-8-11(9-15-10-12)13-5-3-4-6-14(13)16/h8-10,13-14,16H,2-7H2,1H3. The zero-order chi connectivity index (χ0) is 12.1. The smallest absolute Gasteiger partial charge is 0.137 e. The van der Waals surface area contributed by atoms with Crippen LogP contribution in [0.25, 0.3) is 0 Å². The lowest BCUT2D eigenvalue weighted by molar-refractivity contribution is 0.106. The van der Waals surface area contributed by atoms with Gasteiger partial charge >= 0.3 is 0 Å². The highest BCUT2D eigenvalue weighted by molar-refractivity contribution is 5.27. The van der Waals surface area contributed by atoms with Gasteiger partial charge in [-0.3, -0.25) is 4.98 Å². The van der Waals surface area contributed by atoms with Gasteiger partial charge < -0.3 is 9.84 Å². The van der Waals surface area contributed by atoms with Crippen LogP contribution >= 0.6 is 0 Å². The molecule has 94 valence electrons. The normalized spacial score (nSPS) is 24.6. The molecule has 0 bridgehead atoms. The first-order chi connectivity index (χ1) is 8.31. The second-order valence-corrected chi connectivity index (χ2v) is 4.76. The van der Waals surface area contributed by atoms with Crippen molar-refractivity contribution in [2.75, 3.05) is 6.61 Å². The fourth-order valence-corrected chi connectivity index (χ4v) is 2.44. The first-order valence-electron chi connectivity index (χ1n) is 6.57. The van der Waals surface area contributed by atoms with Crippen LogP contribution in [0.4, 0.5) is 0 Å². The molecule has 0 saturated heterocycles. The maximum absolute atomic E-state index is 10.0. The average molecular weight is 235 g/mol. The fraction of sp³-hybridized carbons (Fsp3) is 0.643. The van der Waals surface area contributed by atoms with Crippen molar-refractivity contribution >= 4 is 0 Å².